The van der Waals surface area contributed by atoms with Gasteiger partial charge in [0.25, 0.3) is 5.91 Å². The standard InChI is InChI=1S/C22H32BrN3O3/c23-18-10-7-11-19-20(18)21(25-26(19)12-5-6-14-29-15-13-27)22(28)24-16-17-8-3-1-2-4-9-17/h7,10-11,17,27H,1-6,8-9,12-16H2,(H,24,28). The number of aliphatic hydroxyl groups is 1. The van der Waals surface area contributed by atoms with Crippen molar-refractivity contribution in [2.24, 2.45) is 5.92 Å². The van der Waals surface area contributed by atoms with E-state index in [1.807, 2.05) is 22.9 Å². The van der Waals surface area contributed by atoms with Gasteiger partial charge in [-0.3, -0.25) is 9.48 Å². The van der Waals surface area contributed by atoms with Gasteiger partial charge in [-0.15, -0.1) is 0 Å². The molecule has 1 fully saturated rings. The van der Waals surface area contributed by atoms with Gasteiger partial charge in [0, 0.05) is 29.6 Å². The van der Waals surface area contributed by atoms with Crippen LogP contribution in [0.4, 0.5) is 0 Å². The molecule has 0 unspecified atom stereocenters. The molecule has 7 heteroatoms. The SMILES string of the molecule is O=C(NCC1CCCCCC1)c1nn(CCCCOCCO)c2cccc(Br)c12. The highest BCUT2D eigenvalue weighted by Gasteiger charge is 2.20. The molecular weight excluding hydrogens is 434 g/mol. The predicted molar refractivity (Wildman–Crippen MR) is 118 cm³/mol. The minimum Gasteiger partial charge on any atom is -0.394 e. The van der Waals surface area contributed by atoms with Gasteiger partial charge in [0.15, 0.2) is 5.69 Å². The number of benzene rings is 1. The molecule has 2 aromatic rings. The number of hydrogen-bond acceptors (Lipinski definition) is 4. The maximum Gasteiger partial charge on any atom is 0.272 e. The summed E-state index contributed by atoms with van der Waals surface area (Å²) in [5.41, 5.74) is 1.47. The summed E-state index contributed by atoms with van der Waals surface area (Å²) in [6.07, 6.45) is 9.37. The van der Waals surface area contributed by atoms with Crippen molar-refractivity contribution in [3.05, 3.63) is 28.4 Å². The van der Waals surface area contributed by atoms with E-state index in [0.29, 0.717) is 24.8 Å². The number of carbonyl (C=O) groups is 1. The zero-order valence-corrected chi connectivity index (χ0v) is 18.6. The molecule has 1 aromatic carbocycles. The summed E-state index contributed by atoms with van der Waals surface area (Å²) in [6, 6.07) is 5.94. The summed E-state index contributed by atoms with van der Waals surface area (Å²) < 4.78 is 8.14. The van der Waals surface area contributed by atoms with E-state index in [1.165, 1.54) is 38.5 Å². The molecule has 1 aliphatic carbocycles. The van der Waals surface area contributed by atoms with Crippen LogP contribution in [0.5, 0.6) is 0 Å². The molecule has 0 aliphatic heterocycles. The minimum atomic E-state index is -0.0869. The predicted octanol–water partition coefficient (Wildman–Crippen LogP) is 4.29. The van der Waals surface area contributed by atoms with Crippen LogP contribution in [0.3, 0.4) is 0 Å². The lowest BCUT2D eigenvalue weighted by molar-refractivity contribution is 0.0892. The number of carbonyl (C=O) groups excluding carboxylic acids is 1. The van der Waals surface area contributed by atoms with Crippen molar-refractivity contribution in [1.82, 2.24) is 15.1 Å². The number of aliphatic hydroxyl groups excluding tert-OH is 1. The highest BCUT2D eigenvalue weighted by atomic mass is 79.9. The number of ether oxygens (including phenoxy) is 1. The van der Waals surface area contributed by atoms with Crippen LogP contribution in [0.25, 0.3) is 10.9 Å². The average molecular weight is 466 g/mol. The minimum absolute atomic E-state index is 0.0527. The van der Waals surface area contributed by atoms with E-state index < -0.39 is 0 Å². The summed E-state index contributed by atoms with van der Waals surface area (Å²) in [7, 11) is 0. The van der Waals surface area contributed by atoms with Gasteiger partial charge in [0.05, 0.1) is 18.7 Å². The van der Waals surface area contributed by atoms with Crippen LogP contribution in [0.1, 0.15) is 61.9 Å². The van der Waals surface area contributed by atoms with Crippen molar-refractivity contribution < 1.29 is 14.6 Å². The smallest absolute Gasteiger partial charge is 0.272 e. The van der Waals surface area contributed by atoms with Gasteiger partial charge in [-0.1, -0.05) is 47.7 Å². The Kier molecular flexibility index (Phi) is 8.95. The summed E-state index contributed by atoms with van der Waals surface area (Å²) in [4.78, 5) is 12.9. The molecule has 1 heterocycles. The number of fused-ring (bicyclic) bond motifs is 1. The summed E-state index contributed by atoms with van der Waals surface area (Å²) in [5.74, 6) is 0.494. The molecule has 0 spiro atoms. The van der Waals surface area contributed by atoms with Gasteiger partial charge in [-0.25, -0.2) is 0 Å². The number of aromatic nitrogens is 2. The van der Waals surface area contributed by atoms with Crippen LogP contribution in [0.15, 0.2) is 22.7 Å². The molecule has 6 nitrogen and oxygen atoms in total. The summed E-state index contributed by atoms with van der Waals surface area (Å²) >= 11 is 3.60. The number of nitrogens with zero attached hydrogens (tertiary/aromatic N) is 2. The van der Waals surface area contributed by atoms with Crippen molar-refractivity contribution in [3.8, 4) is 0 Å². The Balaban J connectivity index is 1.65. The van der Waals surface area contributed by atoms with Crippen LogP contribution < -0.4 is 5.32 Å². The molecule has 1 aliphatic rings. The Hall–Kier alpha value is -1.44. The van der Waals surface area contributed by atoms with Gasteiger partial charge in [-0.2, -0.15) is 5.10 Å². The fraction of sp³-hybridized carbons (Fsp3) is 0.636. The van der Waals surface area contributed by atoms with Crippen molar-refractivity contribution in [1.29, 1.82) is 0 Å². The summed E-state index contributed by atoms with van der Waals surface area (Å²) in [6.45, 7) is 2.52. The Morgan fingerprint density at radius 1 is 1.21 bits per heavy atom. The third-order valence-corrected chi connectivity index (χ3v) is 6.27. The second kappa shape index (κ2) is 11.7. The molecule has 3 rings (SSSR count). The average Bonchev–Trinajstić information content (AvgIpc) is 2.91. The lowest BCUT2D eigenvalue weighted by Crippen LogP contribution is -2.29. The monoisotopic (exact) mass is 465 g/mol. The van der Waals surface area contributed by atoms with Crippen LogP contribution in [0.2, 0.25) is 0 Å². The lowest BCUT2D eigenvalue weighted by atomic mass is 10.0. The van der Waals surface area contributed by atoms with E-state index in [4.69, 9.17) is 9.84 Å². The molecule has 0 radical (unpaired) electrons. The number of aryl methyl sites for hydroxylation is 1. The number of amides is 1. The van der Waals surface area contributed by atoms with Crippen LogP contribution >= 0.6 is 15.9 Å². The van der Waals surface area contributed by atoms with E-state index in [-0.39, 0.29) is 12.5 Å². The second-order valence-electron chi connectivity index (χ2n) is 7.82. The third kappa shape index (κ3) is 6.27. The van der Waals surface area contributed by atoms with Gasteiger partial charge in [0.2, 0.25) is 0 Å². The van der Waals surface area contributed by atoms with E-state index in [1.54, 1.807) is 0 Å². The zero-order chi connectivity index (χ0) is 20.5. The van der Waals surface area contributed by atoms with Gasteiger partial charge >= 0.3 is 0 Å². The Morgan fingerprint density at radius 2 is 2.00 bits per heavy atom. The van der Waals surface area contributed by atoms with Crippen LogP contribution in [0, 0.1) is 5.92 Å². The van der Waals surface area contributed by atoms with Crippen LogP contribution in [-0.2, 0) is 11.3 Å². The van der Waals surface area contributed by atoms with E-state index in [2.05, 4.69) is 26.3 Å². The first-order chi connectivity index (χ1) is 14.2. The molecule has 1 saturated carbocycles. The van der Waals surface area contributed by atoms with Crippen molar-refractivity contribution in [2.45, 2.75) is 57.9 Å². The van der Waals surface area contributed by atoms with Crippen molar-refractivity contribution in [2.75, 3.05) is 26.4 Å². The third-order valence-electron chi connectivity index (χ3n) is 5.61. The molecule has 2 N–H and O–H groups in total. The molecule has 0 saturated heterocycles. The van der Waals surface area contributed by atoms with E-state index in [0.717, 1.165) is 41.3 Å². The van der Waals surface area contributed by atoms with Crippen molar-refractivity contribution >= 4 is 32.7 Å². The quantitative estimate of drug-likeness (QED) is 0.405. The first-order valence-corrected chi connectivity index (χ1v) is 11.6. The van der Waals surface area contributed by atoms with Crippen LogP contribution in [-0.4, -0.2) is 47.2 Å². The van der Waals surface area contributed by atoms with Gasteiger partial charge in [-0.05, 0) is 43.7 Å². The number of nitrogens with one attached hydrogen (secondary N) is 1. The molecule has 1 amide bonds. The number of halogens is 1. The topological polar surface area (TPSA) is 76.4 Å². The molecule has 0 atom stereocenters. The van der Waals surface area contributed by atoms with Gasteiger partial charge in [0.1, 0.15) is 0 Å². The molecule has 160 valence electrons. The highest BCUT2D eigenvalue weighted by molar-refractivity contribution is 9.10. The first kappa shape index (κ1) is 22.2. The number of rotatable bonds is 10. The molecule has 0 bridgehead atoms. The highest BCUT2D eigenvalue weighted by Crippen LogP contribution is 2.28. The fourth-order valence-electron chi connectivity index (χ4n) is 4.04. The molecule has 29 heavy (non-hydrogen) atoms. The lowest BCUT2D eigenvalue weighted by Gasteiger charge is -2.14. The first-order valence-electron chi connectivity index (χ1n) is 10.8. The Bertz CT molecular complexity index is 785. The maximum atomic E-state index is 12.9. The Labute approximate surface area is 181 Å². The van der Waals surface area contributed by atoms with E-state index in [9.17, 15) is 4.79 Å². The largest absolute Gasteiger partial charge is 0.394 e. The summed E-state index contributed by atoms with van der Waals surface area (Å²) in [5, 5.41) is 17.4. The fourth-order valence-corrected chi connectivity index (χ4v) is 4.58. The Morgan fingerprint density at radius 3 is 2.76 bits per heavy atom. The number of hydrogen-bond donors (Lipinski definition) is 2. The van der Waals surface area contributed by atoms with E-state index >= 15 is 0 Å². The normalized spacial score (nSPS) is 15.5. The second-order valence-corrected chi connectivity index (χ2v) is 8.67. The number of unbranched alkanes of at least 4 members (excludes halogenated alkanes) is 1. The maximum absolute atomic E-state index is 12.9. The molecule has 1 aromatic heterocycles. The van der Waals surface area contributed by atoms with Crippen molar-refractivity contribution in [3.63, 3.8) is 0 Å². The van der Waals surface area contributed by atoms with Gasteiger partial charge < -0.3 is 15.2 Å². The molecular formula is C22H32BrN3O3. The zero-order valence-electron chi connectivity index (χ0n) is 17.0.